The SMILES string of the molecule is CS(=O)(=O)n1c(CN2CCCC2)cc2cnc(Br)cc21. The number of pyridine rings is 1. The molecule has 0 unspecified atom stereocenters. The van der Waals surface area contributed by atoms with E-state index >= 15 is 0 Å². The quantitative estimate of drug-likeness (QED) is 0.790. The summed E-state index contributed by atoms with van der Waals surface area (Å²) in [5.74, 6) is 0. The molecule has 1 aliphatic heterocycles. The van der Waals surface area contributed by atoms with E-state index in [-0.39, 0.29) is 0 Å². The molecule has 20 heavy (non-hydrogen) atoms. The molecule has 7 heteroatoms. The van der Waals surface area contributed by atoms with Crippen LogP contribution in [0.2, 0.25) is 0 Å². The molecule has 0 bridgehead atoms. The van der Waals surface area contributed by atoms with E-state index in [9.17, 15) is 8.42 Å². The van der Waals surface area contributed by atoms with Crippen molar-refractivity contribution in [2.75, 3.05) is 19.3 Å². The Morgan fingerprint density at radius 2 is 2.00 bits per heavy atom. The standard InChI is InChI=1S/C13H16BrN3O2S/c1-20(18,19)17-11(9-16-4-2-3-5-16)6-10-8-15-13(14)7-12(10)17/h6-8H,2-5,9H2,1H3. The number of nitrogens with zero attached hydrogens (tertiary/aromatic N) is 3. The van der Waals surface area contributed by atoms with Gasteiger partial charge in [-0.1, -0.05) is 0 Å². The first-order valence-electron chi connectivity index (χ1n) is 6.54. The number of hydrogen-bond donors (Lipinski definition) is 0. The number of fused-ring (bicyclic) bond motifs is 1. The first-order valence-corrected chi connectivity index (χ1v) is 9.18. The topological polar surface area (TPSA) is 55.2 Å². The lowest BCUT2D eigenvalue weighted by Crippen LogP contribution is -2.22. The van der Waals surface area contributed by atoms with Gasteiger partial charge in [-0.3, -0.25) is 4.90 Å². The summed E-state index contributed by atoms with van der Waals surface area (Å²) in [6, 6.07) is 3.68. The predicted octanol–water partition coefficient (Wildman–Crippen LogP) is 2.20. The van der Waals surface area contributed by atoms with Gasteiger partial charge >= 0.3 is 0 Å². The first-order chi connectivity index (χ1) is 9.45. The van der Waals surface area contributed by atoms with Crippen LogP contribution in [0.5, 0.6) is 0 Å². The molecule has 0 N–H and O–H groups in total. The number of likely N-dealkylation sites (tertiary alicyclic amines) is 1. The van der Waals surface area contributed by atoms with Crippen LogP contribution in [0, 0.1) is 0 Å². The van der Waals surface area contributed by atoms with Crippen LogP contribution in [0.1, 0.15) is 18.5 Å². The zero-order chi connectivity index (χ0) is 14.3. The van der Waals surface area contributed by atoms with Crippen LogP contribution < -0.4 is 0 Å². The van der Waals surface area contributed by atoms with Crippen molar-refractivity contribution in [3.05, 3.63) is 28.6 Å². The van der Waals surface area contributed by atoms with Gasteiger partial charge in [0.05, 0.1) is 11.8 Å². The zero-order valence-corrected chi connectivity index (χ0v) is 13.6. The molecule has 0 radical (unpaired) electrons. The van der Waals surface area contributed by atoms with Crippen molar-refractivity contribution in [2.45, 2.75) is 19.4 Å². The molecule has 0 aromatic carbocycles. The molecule has 0 saturated carbocycles. The Labute approximate surface area is 126 Å². The van der Waals surface area contributed by atoms with Gasteiger partial charge in [-0.25, -0.2) is 17.4 Å². The van der Waals surface area contributed by atoms with Crippen LogP contribution in [0.15, 0.2) is 22.9 Å². The van der Waals surface area contributed by atoms with Crippen molar-refractivity contribution < 1.29 is 8.42 Å². The van der Waals surface area contributed by atoms with Crippen molar-refractivity contribution >= 4 is 36.9 Å². The fourth-order valence-corrected chi connectivity index (χ4v) is 4.15. The Kier molecular flexibility index (Phi) is 3.60. The van der Waals surface area contributed by atoms with Crippen molar-refractivity contribution in [3.8, 4) is 0 Å². The van der Waals surface area contributed by atoms with E-state index in [1.54, 1.807) is 12.3 Å². The summed E-state index contributed by atoms with van der Waals surface area (Å²) < 4.78 is 26.3. The van der Waals surface area contributed by atoms with Crippen LogP contribution in [-0.2, 0) is 16.6 Å². The van der Waals surface area contributed by atoms with Gasteiger partial charge in [0.2, 0.25) is 10.0 Å². The number of halogens is 1. The highest BCUT2D eigenvalue weighted by atomic mass is 79.9. The van der Waals surface area contributed by atoms with Crippen molar-refractivity contribution in [1.82, 2.24) is 13.9 Å². The summed E-state index contributed by atoms with van der Waals surface area (Å²) in [5, 5.41) is 0.854. The van der Waals surface area contributed by atoms with Gasteiger partial charge in [-0.2, -0.15) is 0 Å². The summed E-state index contributed by atoms with van der Waals surface area (Å²) in [5.41, 5.74) is 1.49. The van der Waals surface area contributed by atoms with Crippen LogP contribution in [0.3, 0.4) is 0 Å². The predicted molar refractivity (Wildman–Crippen MR) is 82.2 cm³/mol. The van der Waals surface area contributed by atoms with Gasteiger partial charge in [0.1, 0.15) is 4.60 Å². The van der Waals surface area contributed by atoms with Gasteiger partial charge in [-0.15, -0.1) is 0 Å². The van der Waals surface area contributed by atoms with Gasteiger partial charge < -0.3 is 0 Å². The third-order valence-electron chi connectivity index (χ3n) is 3.60. The van der Waals surface area contributed by atoms with Gasteiger partial charge in [0.25, 0.3) is 0 Å². The number of rotatable bonds is 3. The molecular weight excluding hydrogens is 342 g/mol. The Hall–Kier alpha value is -0.920. The summed E-state index contributed by atoms with van der Waals surface area (Å²) >= 11 is 3.30. The third kappa shape index (κ3) is 2.62. The van der Waals surface area contributed by atoms with E-state index in [4.69, 9.17) is 0 Å². The molecule has 0 amide bonds. The van der Waals surface area contributed by atoms with Gasteiger partial charge in [0, 0.05) is 23.8 Å². The summed E-state index contributed by atoms with van der Waals surface area (Å²) in [6.07, 6.45) is 5.32. The third-order valence-corrected chi connectivity index (χ3v) is 5.12. The summed E-state index contributed by atoms with van der Waals surface area (Å²) in [7, 11) is -3.33. The summed E-state index contributed by atoms with van der Waals surface area (Å²) in [4.78, 5) is 6.46. The fraction of sp³-hybridized carbons (Fsp3) is 0.462. The molecule has 2 aromatic heterocycles. The maximum absolute atomic E-state index is 12.1. The van der Waals surface area contributed by atoms with E-state index in [2.05, 4.69) is 25.8 Å². The Balaban J connectivity index is 2.14. The molecule has 108 valence electrons. The van der Waals surface area contributed by atoms with Crippen molar-refractivity contribution in [1.29, 1.82) is 0 Å². The second kappa shape index (κ2) is 5.13. The normalized spacial score (nSPS) is 17.1. The maximum Gasteiger partial charge on any atom is 0.236 e. The lowest BCUT2D eigenvalue weighted by Gasteiger charge is -2.16. The summed E-state index contributed by atoms with van der Waals surface area (Å²) in [6.45, 7) is 2.74. The average Bonchev–Trinajstić information content (AvgIpc) is 2.94. The van der Waals surface area contributed by atoms with Crippen LogP contribution in [0.4, 0.5) is 0 Å². The molecule has 0 spiro atoms. The second-order valence-corrected chi connectivity index (χ2v) is 7.86. The van der Waals surface area contributed by atoms with Crippen LogP contribution >= 0.6 is 15.9 Å². The lowest BCUT2D eigenvalue weighted by atomic mass is 10.3. The lowest BCUT2D eigenvalue weighted by molar-refractivity contribution is 0.326. The first kappa shape index (κ1) is 14.0. The minimum absolute atomic E-state index is 0.640. The highest BCUT2D eigenvalue weighted by Crippen LogP contribution is 2.25. The Morgan fingerprint density at radius 1 is 1.30 bits per heavy atom. The van der Waals surface area contributed by atoms with Gasteiger partial charge in [0.15, 0.2) is 0 Å². The molecule has 5 nitrogen and oxygen atoms in total. The van der Waals surface area contributed by atoms with Crippen molar-refractivity contribution in [3.63, 3.8) is 0 Å². The highest BCUT2D eigenvalue weighted by Gasteiger charge is 2.20. The molecule has 1 aliphatic rings. The molecular formula is C13H16BrN3O2S. The fourth-order valence-electron chi connectivity index (χ4n) is 2.78. The minimum Gasteiger partial charge on any atom is -0.298 e. The Morgan fingerprint density at radius 3 is 2.65 bits per heavy atom. The molecule has 1 saturated heterocycles. The Bertz CT molecular complexity index is 748. The molecule has 3 heterocycles. The maximum atomic E-state index is 12.1. The smallest absolute Gasteiger partial charge is 0.236 e. The van der Waals surface area contributed by atoms with E-state index in [0.717, 1.165) is 24.2 Å². The zero-order valence-electron chi connectivity index (χ0n) is 11.2. The minimum atomic E-state index is -3.33. The van der Waals surface area contributed by atoms with Crippen LogP contribution in [0.25, 0.3) is 10.9 Å². The average molecular weight is 358 g/mol. The highest BCUT2D eigenvalue weighted by molar-refractivity contribution is 9.10. The monoisotopic (exact) mass is 357 g/mol. The molecule has 3 rings (SSSR count). The second-order valence-electron chi connectivity index (χ2n) is 5.21. The van der Waals surface area contributed by atoms with E-state index in [0.29, 0.717) is 16.7 Å². The molecule has 2 aromatic rings. The molecule has 0 aliphatic carbocycles. The molecule has 0 atom stereocenters. The van der Waals surface area contributed by atoms with E-state index < -0.39 is 10.0 Å². The van der Waals surface area contributed by atoms with Crippen molar-refractivity contribution in [2.24, 2.45) is 0 Å². The van der Waals surface area contributed by atoms with Gasteiger partial charge in [-0.05, 0) is 54.0 Å². The molecule has 1 fully saturated rings. The number of aromatic nitrogens is 2. The van der Waals surface area contributed by atoms with E-state index in [1.165, 1.54) is 23.1 Å². The van der Waals surface area contributed by atoms with E-state index in [1.807, 2.05) is 6.07 Å². The number of hydrogen-bond acceptors (Lipinski definition) is 4. The van der Waals surface area contributed by atoms with Crippen LogP contribution in [-0.4, -0.2) is 41.6 Å². The largest absolute Gasteiger partial charge is 0.298 e.